The lowest BCUT2D eigenvalue weighted by atomic mass is 10.1. The molecule has 2 rings (SSSR count). The summed E-state index contributed by atoms with van der Waals surface area (Å²) in [7, 11) is 0. The molecule has 0 fully saturated rings. The number of para-hydroxylation sites is 1. The van der Waals surface area contributed by atoms with Crippen LogP contribution in [0.2, 0.25) is 0 Å². The number of nitrogens with zero attached hydrogens (tertiary/aromatic N) is 1. The number of nitriles is 1. The predicted molar refractivity (Wildman–Crippen MR) is 86.4 cm³/mol. The molecule has 118 valence electrons. The van der Waals surface area contributed by atoms with Gasteiger partial charge in [-0.15, -0.1) is 0 Å². The molecule has 23 heavy (non-hydrogen) atoms. The van der Waals surface area contributed by atoms with Crippen LogP contribution in [0.5, 0.6) is 5.75 Å². The zero-order valence-corrected chi connectivity index (χ0v) is 13.1. The minimum Gasteiger partial charge on any atom is -0.490 e. The van der Waals surface area contributed by atoms with Crippen LogP contribution in [-0.2, 0) is 11.3 Å². The molecule has 0 saturated carbocycles. The van der Waals surface area contributed by atoms with Crippen molar-refractivity contribution in [1.29, 1.82) is 5.26 Å². The highest BCUT2D eigenvalue weighted by Crippen LogP contribution is 2.22. The maximum atomic E-state index is 12.1. The Morgan fingerprint density at radius 1 is 1.35 bits per heavy atom. The first-order valence-electron chi connectivity index (χ1n) is 7.28. The predicted octanol–water partition coefficient (Wildman–Crippen LogP) is 3.29. The molecule has 0 radical (unpaired) electrons. The van der Waals surface area contributed by atoms with Gasteiger partial charge in [0.15, 0.2) is 0 Å². The summed E-state index contributed by atoms with van der Waals surface area (Å²) in [6.45, 7) is 4.07. The summed E-state index contributed by atoms with van der Waals surface area (Å²) in [6.07, 6.45) is 3.06. The monoisotopic (exact) mass is 310 g/mol. The molecular weight excluding hydrogens is 292 g/mol. The largest absolute Gasteiger partial charge is 0.490 e. The Labute approximate surface area is 135 Å². The zero-order valence-electron chi connectivity index (χ0n) is 13.1. The lowest BCUT2D eigenvalue weighted by Gasteiger charge is -2.12. The third-order valence-electron chi connectivity index (χ3n) is 2.95. The van der Waals surface area contributed by atoms with Gasteiger partial charge in [-0.3, -0.25) is 4.79 Å². The van der Waals surface area contributed by atoms with Gasteiger partial charge in [0, 0.05) is 5.56 Å². The molecule has 0 unspecified atom stereocenters. The summed E-state index contributed by atoms with van der Waals surface area (Å²) in [6, 6.07) is 12.7. The Balaban J connectivity index is 2.15. The van der Waals surface area contributed by atoms with Crippen molar-refractivity contribution >= 4 is 12.0 Å². The average Bonchev–Trinajstić information content (AvgIpc) is 3.04. The van der Waals surface area contributed by atoms with Crippen molar-refractivity contribution in [2.24, 2.45) is 0 Å². The molecule has 5 nitrogen and oxygen atoms in total. The van der Waals surface area contributed by atoms with Gasteiger partial charge in [-0.2, -0.15) is 5.26 Å². The highest BCUT2D eigenvalue weighted by atomic mass is 16.5. The maximum Gasteiger partial charge on any atom is 0.262 e. The van der Waals surface area contributed by atoms with Crippen LogP contribution >= 0.6 is 0 Å². The van der Waals surface area contributed by atoms with Gasteiger partial charge in [0.05, 0.1) is 18.9 Å². The Kier molecular flexibility index (Phi) is 5.59. The molecule has 0 aliphatic rings. The second-order valence-corrected chi connectivity index (χ2v) is 5.14. The number of ether oxygens (including phenoxy) is 1. The molecule has 0 aliphatic heterocycles. The van der Waals surface area contributed by atoms with Crippen LogP contribution in [0.15, 0.2) is 52.7 Å². The van der Waals surface area contributed by atoms with Gasteiger partial charge >= 0.3 is 0 Å². The van der Waals surface area contributed by atoms with E-state index in [2.05, 4.69) is 5.32 Å². The number of carbonyl (C=O) groups is 1. The second kappa shape index (κ2) is 7.85. The molecule has 1 amide bonds. The maximum absolute atomic E-state index is 12.1. The van der Waals surface area contributed by atoms with Crippen LogP contribution in [0, 0.1) is 11.3 Å². The van der Waals surface area contributed by atoms with E-state index in [0.29, 0.717) is 17.1 Å². The number of amides is 1. The van der Waals surface area contributed by atoms with Gasteiger partial charge in [0.25, 0.3) is 5.91 Å². The minimum atomic E-state index is -0.455. The van der Waals surface area contributed by atoms with Crippen molar-refractivity contribution in [3.05, 3.63) is 59.6 Å². The molecule has 0 saturated heterocycles. The van der Waals surface area contributed by atoms with Crippen molar-refractivity contribution in [3.8, 4) is 11.8 Å². The van der Waals surface area contributed by atoms with Crippen molar-refractivity contribution in [2.45, 2.75) is 26.5 Å². The number of nitrogens with one attached hydrogen (secondary N) is 1. The van der Waals surface area contributed by atoms with Crippen LogP contribution in [0.25, 0.3) is 6.08 Å². The molecule has 2 aromatic rings. The SMILES string of the molecule is CC(C)Oc1ccccc1/C=C(\C#N)C(=O)NCc1ccco1. The number of hydrogen-bond acceptors (Lipinski definition) is 4. The Morgan fingerprint density at radius 3 is 2.78 bits per heavy atom. The van der Waals surface area contributed by atoms with Gasteiger partial charge in [-0.25, -0.2) is 0 Å². The summed E-state index contributed by atoms with van der Waals surface area (Å²) in [5, 5.41) is 11.9. The lowest BCUT2D eigenvalue weighted by molar-refractivity contribution is -0.117. The van der Waals surface area contributed by atoms with Crippen molar-refractivity contribution in [1.82, 2.24) is 5.32 Å². The molecule has 1 aromatic carbocycles. The molecule has 0 atom stereocenters. The summed E-state index contributed by atoms with van der Waals surface area (Å²) in [4.78, 5) is 12.1. The average molecular weight is 310 g/mol. The molecule has 1 N–H and O–H groups in total. The smallest absolute Gasteiger partial charge is 0.262 e. The first-order chi connectivity index (χ1) is 11.1. The number of rotatable bonds is 6. The quantitative estimate of drug-likeness (QED) is 0.656. The van der Waals surface area contributed by atoms with Crippen LogP contribution in [-0.4, -0.2) is 12.0 Å². The third kappa shape index (κ3) is 4.75. The van der Waals surface area contributed by atoms with E-state index in [0.717, 1.165) is 0 Å². The summed E-state index contributed by atoms with van der Waals surface area (Å²) < 4.78 is 10.8. The molecule has 0 spiro atoms. The van der Waals surface area contributed by atoms with Crippen LogP contribution in [0.3, 0.4) is 0 Å². The molecule has 1 heterocycles. The van der Waals surface area contributed by atoms with E-state index in [4.69, 9.17) is 9.15 Å². The minimum absolute atomic E-state index is 0.00265. The fourth-order valence-electron chi connectivity index (χ4n) is 1.94. The topological polar surface area (TPSA) is 75.3 Å². The highest BCUT2D eigenvalue weighted by molar-refractivity contribution is 6.01. The van der Waals surface area contributed by atoms with E-state index in [9.17, 15) is 10.1 Å². The van der Waals surface area contributed by atoms with E-state index in [-0.39, 0.29) is 18.2 Å². The molecule has 0 aliphatic carbocycles. The van der Waals surface area contributed by atoms with Crippen molar-refractivity contribution < 1.29 is 13.9 Å². The van der Waals surface area contributed by atoms with Gasteiger partial charge in [-0.1, -0.05) is 18.2 Å². The van der Waals surface area contributed by atoms with Crippen molar-refractivity contribution in [3.63, 3.8) is 0 Å². The third-order valence-corrected chi connectivity index (χ3v) is 2.95. The molecule has 0 bridgehead atoms. The van der Waals surface area contributed by atoms with Gasteiger partial charge in [-0.05, 0) is 38.1 Å². The lowest BCUT2D eigenvalue weighted by Crippen LogP contribution is -2.23. The molecule has 5 heteroatoms. The Morgan fingerprint density at radius 2 is 2.13 bits per heavy atom. The first kappa shape index (κ1) is 16.4. The van der Waals surface area contributed by atoms with Gasteiger partial charge < -0.3 is 14.5 Å². The van der Waals surface area contributed by atoms with E-state index in [1.807, 2.05) is 38.1 Å². The van der Waals surface area contributed by atoms with Gasteiger partial charge in [0.1, 0.15) is 23.2 Å². The van der Waals surface area contributed by atoms with E-state index >= 15 is 0 Å². The first-order valence-corrected chi connectivity index (χ1v) is 7.28. The van der Waals surface area contributed by atoms with Crippen LogP contribution in [0.4, 0.5) is 0 Å². The Bertz CT molecular complexity index is 725. The number of furan rings is 1. The highest BCUT2D eigenvalue weighted by Gasteiger charge is 2.11. The second-order valence-electron chi connectivity index (χ2n) is 5.14. The Hall–Kier alpha value is -3.00. The summed E-state index contributed by atoms with van der Waals surface area (Å²) in [5.74, 6) is 0.802. The van der Waals surface area contributed by atoms with Crippen LogP contribution < -0.4 is 10.1 Å². The standard InChI is InChI=1S/C18H18N2O3/c1-13(2)23-17-8-4-3-6-14(17)10-15(11-19)18(21)20-12-16-7-5-9-22-16/h3-10,13H,12H2,1-2H3,(H,20,21)/b15-10+. The fraction of sp³-hybridized carbons (Fsp3) is 0.222. The van der Waals surface area contributed by atoms with Gasteiger partial charge in [0.2, 0.25) is 0 Å². The van der Waals surface area contributed by atoms with Crippen molar-refractivity contribution in [2.75, 3.05) is 0 Å². The summed E-state index contributed by atoms with van der Waals surface area (Å²) >= 11 is 0. The molecule has 1 aromatic heterocycles. The van der Waals surface area contributed by atoms with Crippen LogP contribution in [0.1, 0.15) is 25.2 Å². The van der Waals surface area contributed by atoms with E-state index in [1.54, 1.807) is 18.2 Å². The number of hydrogen-bond donors (Lipinski definition) is 1. The fourth-order valence-corrected chi connectivity index (χ4v) is 1.94. The molecular formula is C18H18N2O3. The summed E-state index contributed by atoms with van der Waals surface area (Å²) in [5.41, 5.74) is 0.697. The number of carbonyl (C=O) groups excluding carboxylic acids is 1. The van der Waals surface area contributed by atoms with E-state index in [1.165, 1.54) is 12.3 Å². The van der Waals surface area contributed by atoms with E-state index < -0.39 is 5.91 Å². The zero-order chi connectivity index (χ0) is 16.7. The normalized spacial score (nSPS) is 11.1. The number of benzene rings is 1.